The van der Waals surface area contributed by atoms with Crippen molar-refractivity contribution in [2.75, 3.05) is 14.2 Å². The van der Waals surface area contributed by atoms with Gasteiger partial charge in [0, 0.05) is 14.2 Å². The fourth-order valence-corrected chi connectivity index (χ4v) is 0. The number of hydrogen-bond acceptors (Lipinski definition) is 2. The molecule has 2 N–H and O–H groups in total. The number of hydrogen-bond donors (Lipinski definition) is 2. The minimum absolute atomic E-state index is 0. The van der Waals surface area contributed by atoms with Crippen LogP contribution in [0, 0.1) is 12.8 Å². The maximum Gasteiger partial charge on any atom is 2.00 e. The minimum atomic E-state index is 0. The van der Waals surface area contributed by atoms with E-state index >= 15 is 0 Å². The van der Waals surface area contributed by atoms with E-state index in [1.54, 1.807) is 0 Å². The second-order valence-corrected chi connectivity index (χ2v) is 1.15. The first-order chi connectivity index (χ1) is 4.83. The van der Waals surface area contributed by atoms with Gasteiger partial charge in [-0.05, 0) is 0 Å². The second-order valence-electron chi connectivity index (χ2n) is 1.15. The van der Waals surface area contributed by atoms with Crippen molar-refractivity contribution in [1.82, 2.24) is 0 Å². The van der Waals surface area contributed by atoms with Crippen LogP contribution in [0.15, 0.2) is 0 Å². The quantitative estimate of drug-likeness (QED) is 0.477. The normalized spacial score (nSPS) is 4.36. The van der Waals surface area contributed by atoms with E-state index in [0.29, 0.717) is 0 Å². The summed E-state index contributed by atoms with van der Waals surface area (Å²) < 4.78 is 0. The minimum Gasteiger partial charge on any atom is -0.400 e. The molecule has 0 aliphatic heterocycles. The molecule has 0 heterocycles. The maximum atomic E-state index is 7.00. The van der Waals surface area contributed by atoms with Crippen LogP contribution >= 0.6 is 0 Å². The van der Waals surface area contributed by atoms with Gasteiger partial charge in [0.05, 0.1) is 0 Å². The Morgan fingerprint density at radius 3 is 0.636 bits per heavy atom. The van der Waals surface area contributed by atoms with Crippen LogP contribution in [0.5, 0.6) is 0 Å². The van der Waals surface area contributed by atoms with E-state index in [-0.39, 0.29) is 19.5 Å². The Balaban J connectivity index is -0.0000000144. The van der Waals surface area contributed by atoms with E-state index in [0.717, 1.165) is 14.2 Å². The molecular weight excluding hydrogens is 193 g/mol. The molecule has 0 aromatic carbocycles. The second kappa shape index (κ2) is 148. The van der Waals surface area contributed by atoms with Crippen molar-refractivity contribution in [2.45, 2.75) is 27.7 Å². The van der Waals surface area contributed by atoms with E-state index in [1.807, 2.05) is 40.5 Å². The van der Waals surface area contributed by atoms with Crippen LogP contribution in [0.2, 0.25) is 0 Å². The van der Waals surface area contributed by atoms with Crippen molar-refractivity contribution in [2.24, 2.45) is 0 Å². The molecule has 0 saturated heterocycles. The maximum absolute atomic E-state index is 7.00. The zero-order chi connectivity index (χ0) is 9.41. The Labute approximate surface area is 84.8 Å². The average molecular weight is 216 g/mol. The number of aliphatic hydroxyl groups is 2. The summed E-state index contributed by atoms with van der Waals surface area (Å²) in [5, 5.41) is 14.0. The van der Waals surface area contributed by atoms with Gasteiger partial charge < -0.3 is 23.1 Å². The molecule has 11 heavy (non-hydrogen) atoms. The zero-order valence-corrected chi connectivity index (χ0v) is 11.7. The Hall–Kier alpha value is 0.543. The molecule has 0 aliphatic rings. The summed E-state index contributed by atoms with van der Waals surface area (Å²) in [5.41, 5.74) is 0. The van der Waals surface area contributed by atoms with Crippen molar-refractivity contribution in [3.8, 4) is 0 Å². The zero-order valence-electron chi connectivity index (χ0n) is 8.76. The molecule has 2 nitrogen and oxygen atoms in total. The Morgan fingerprint density at radius 1 is 0.636 bits per heavy atom. The number of rotatable bonds is 0. The van der Waals surface area contributed by atoms with Crippen LogP contribution in [-0.2, 0) is 19.5 Å². The van der Waals surface area contributed by atoms with Gasteiger partial charge in [0.1, 0.15) is 0 Å². The predicted octanol–water partition coefficient (Wildman–Crippen LogP) is 1.68. The van der Waals surface area contributed by atoms with Gasteiger partial charge in [-0.15, -0.1) is 0 Å². The smallest absolute Gasteiger partial charge is 0.400 e. The third-order valence-electron chi connectivity index (χ3n) is 0. The summed E-state index contributed by atoms with van der Waals surface area (Å²) in [5.74, 6) is 0. The van der Waals surface area contributed by atoms with Gasteiger partial charge in [-0.2, -0.15) is 27.7 Å². The molecule has 0 rings (SSSR count). The Morgan fingerprint density at radius 2 is 0.636 bits per heavy atom. The van der Waals surface area contributed by atoms with E-state index in [4.69, 9.17) is 10.2 Å². The van der Waals surface area contributed by atoms with Crippen LogP contribution in [0.1, 0.15) is 27.7 Å². The van der Waals surface area contributed by atoms with Crippen molar-refractivity contribution in [1.29, 1.82) is 0 Å². The van der Waals surface area contributed by atoms with Crippen LogP contribution in [-0.4, -0.2) is 24.4 Å². The van der Waals surface area contributed by atoms with E-state index < -0.39 is 0 Å². The topological polar surface area (TPSA) is 40.5 Å². The van der Waals surface area contributed by atoms with Gasteiger partial charge >= 0.3 is 19.5 Å². The van der Waals surface area contributed by atoms with Crippen LogP contribution in [0.3, 0.4) is 0 Å². The largest absolute Gasteiger partial charge is 2.00 e. The first kappa shape index (κ1) is 30.0. The SMILES string of the molecule is CO.CO.C[CH-]C.C[CH-]C.[Zn+2]. The summed E-state index contributed by atoms with van der Waals surface area (Å²) in [6.45, 7) is 8.00. The van der Waals surface area contributed by atoms with Gasteiger partial charge in [-0.3, -0.25) is 0 Å². The molecular formula is C8H22O2Zn. The molecule has 0 unspecified atom stereocenters. The Bertz CT molecular complexity index is 14.1. The monoisotopic (exact) mass is 214 g/mol. The molecule has 0 spiro atoms. The van der Waals surface area contributed by atoms with E-state index in [2.05, 4.69) is 0 Å². The van der Waals surface area contributed by atoms with Gasteiger partial charge in [0.2, 0.25) is 0 Å². The molecule has 0 bridgehead atoms. The molecule has 0 saturated carbocycles. The molecule has 0 radical (unpaired) electrons. The van der Waals surface area contributed by atoms with Crippen molar-refractivity contribution in [3.63, 3.8) is 0 Å². The third kappa shape index (κ3) is 2610. The summed E-state index contributed by atoms with van der Waals surface area (Å²) in [6.07, 6.45) is 4.00. The molecule has 0 aromatic rings. The summed E-state index contributed by atoms with van der Waals surface area (Å²) >= 11 is 0. The fraction of sp³-hybridized carbons (Fsp3) is 0.750. The molecule has 3 heteroatoms. The third-order valence-corrected chi connectivity index (χ3v) is 0. The van der Waals surface area contributed by atoms with Gasteiger partial charge in [0.25, 0.3) is 0 Å². The fourth-order valence-electron chi connectivity index (χ4n) is 0. The van der Waals surface area contributed by atoms with Crippen LogP contribution in [0.4, 0.5) is 0 Å². The van der Waals surface area contributed by atoms with Gasteiger partial charge in [-0.25, -0.2) is 0 Å². The van der Waals surface area contributed by atoms with Crippen molar-refractivity contribution in [3.05, 3.63) is 12.8 Å². The molecule has 0 atom stereocenters. The summed E-state index contributed by atoms with van der Waals surface area (Å²) in [6, 6.07) is 0. The van der Waals surface area contributed by atoms with E-state index in [9.17, 15) is 0 Å². The van der Waals surface area contributed by atoms with Crippen LogP contribution in [0.25, 0.3) is 0 Å². The molecule has 0 aliphatic carbocycles. The van der Waals surface area contributed by atoms with Gasteiger partial charge in [-0.1, -0.05) is 0 Å². The van der Waals surface area contributed by atoms with Crippen LogP contribution < -0.4 is 0 Å². The predicted molar refractivity (Wildman–Crippen MR) is 47.6 cm³/mol. The molecule has 68 valence electrons. The molecule has 0 aromatic heterocycles. The average Bonchev–Trinajstić information content (AvgIpc) is 1.99. The summed E-state index contributed by atoms with van der Waals surface area (Å²) in [4.78, 5) is 0. The standard InChI is InChI=1S/2C3H7.2CH4O.Zn/c2*1-3-2;2*1-2;/h2*3H,1-2H3;2*2H,1H3;/q2*-1;;;+2. The Kier molecular flexibility index (Phi) is 404. The molecule has 0 amide bonds. The molecule has 0 fully saturated rings. The van der Waals surface area contributed by atoms with Crippen molar-refractivity contribution >= 4 is 0 Å². The summed E-state index contributed by atoms with van der Waals surface area (Å²) in [7, 11) is 2.00. The first-order valence-corrected chi connectivity index (χ1v) is 3.20. The van der Waals surface area contributed by atoms with E-state index in [1.165, 1.54) is 0 Å². The van der Waals surface area contributed by atoms with Crippen molar-refractivity contribution < 1.29 is 29.7 Å². The van der Waals surface area contributed by atoms with Gasteiger partial charge in [0.15, 0.2) is 0 Å². The first-order valence-electron chi connectivity index (χ1n) is 3.20. The number of aliphatic hydroxyl groups excluding tert-OH is 2.